The van der Waals surface area contributed by atoms with E-state index in [1.807, 2.05) is 0 Å². The number of aromatic nitrogens is 1. The van der Waals surface area contributed by atoms with Crippen molar-refractivity contribution in [3.63, 3.8) is 0 Å². The number of benzene rings is 1. The van der Waals surface area contributed by atoms with Crippen molar-refractivity contribution in [3.8, 4) is 17.0 Å². The van der Waals surface area contributed by atoms with Gasteiger partial charge in [-0.3, -0.25) is 0 Å². The molecule has 0 aliphatic heterocycles. The lowest BCUT2D eigenvalue weighted by Gasteiger charge is -2.11. The lowest BCUT2D eigenvalue weighted by molar-refractivity contribution is -0.137. The van der Waals surface area contributed by atoms with Crippen LogP contribution in [0.2, 0.25) is 0 Å². The Morgan fingerprint density at radius 2 is 1.75 bits per heavy atom. The predicted molar refractivity (Wildman–Crippen MR) is 73.9 cm³/mol. The zero-order chi connectivity index (χ0) is 14.8. The fourth-order valence-corrected chi connectivity index (χ4v) is 2.06. The van der Waals surface area contributed by atoms with Gasteiger partial charge in [0.2, 0.25) is 0 Å². The quantitative estimate of drug-likeness (QED) is 0.754. The molecule has 0 amide bonds. The van der Waals surface area contributed by atoms with E-state index in [2.05, 4.69) is 20.9 Å². The van der Waals surface area contributed by atoms with Crippen LogP contribution in [0.15, 0.2) is 36.4 Å². The van der Waals surface area contributed by atoms with Crippen molar-refractivity contribution >= 4 is 15.9 Å². The molecule has 1 aromatic heterocycles. The number of hydrogen-bond donors (Lipinski definition) is 0. The highest BCUT2D eigenvalue weighted by Crippen LogP contribution is 2.33. The number of alkyl halides is 4. The zero-order valence-electron chi connectivity index (χ0n) is 10.5. The fraction of sp³-hybridized carbons (Fsp3) is 0.214. The number of methoxy groups -OCH3 is 1. The summed E-state index contributed by atoms with van der Waals surface area (Å²) in [6, 6.07) is 8.41. The molecule has 2 rings (SSSR count). The van der Waals surface area contributed by atoms with Gasteiger partial charge in [0.25, 0.3) is 0 Å². The van der Waals surface area contributed by atoms with Crippen molar-refractivity contribution < 1.29 is 17.9 Å². The largest absolute Gasteiger partial charge is 0.494 e. The number of rotatable bonds is 3. The lowest BCUT2D eigenvalue weighted by Crippen LogP contribution is -2.04. The maximum absolute atomic E-state index is 12.5. The van der Waals surface area contributed by atoms with Crippen LogP contribution in [0.4, 0.5) is 13.2 Å². The Bertz CT molecular complexity index is 596. The minimum atomic E-state index is -4.34. The summed E-state index contributed by atoms with van der Waals surface area (Å²) >= 11 is 3.30. The van der Waals surface area contributed by atoms with Gasteiger partial charge in [-0.05, 0) is 24.3 Å². The van der Waals surface area contributed by atoms with E-state index >= 15 is 0 Å². The highest BCUT2D eigenvalue weighted by molar-refractivity contribution is 9.08. The summed E-state index contributed by atoms with van der Waals surface area (Å²) in [5.74, 6) is 0.523. The molecule has 0 spiro atoms. The molecule has 1 heterocycles. The number of pyridine rings is 1. The first-order valence-corrected chi connectivity index (χ1v) is 6.85. The average molecular weight is 346 g/mol. The van der Waals surface area contributed by atoms with Crippen LogP contribution in [0, 0.1) is 0 Å². The second-order valence-corrected chi connectivity index (χ2v) is 4.62. The molecule has 2 aromatic rings. The summed E-state index contributed by atoms with van der Waals surface area (Å²) in [5, 5.41) is 0.560. The van der Waals surface area contributed by atoms with E-state index in [-0.39, 0.29) is 0 Å². The molecule has 20 heavy (non-hydrogen) atoms. The van der Waals surface area contributed by atoms with Gasteiger partial charge in [0.15, 0.2) is 0 Å². The van der Waals surface area contributed by atoms with Crippen LogP contribution in [-0.4, -0.2) is 12.1 Å². The van der Waals surface area contributed by atoms with Crippen molar-refractivity contribution in [2.75, 3.05) is 7.11 Å². The van der Waals surface area contributed by atoms with Crippen molar-refractivity contribution in [3.05, 3.63) is 47.7 Å². The van der Waals surface area contributed by atoms with Crippen molar-refractivity contribution in [1.29, 1.82) is 0 Å². The van der Waals surface area contributed by atoms with Gasteiger partial charge < -0.3 is 4.74 Å². The van der Waals surface area contributed by atoms with Gasteiger partial charge in [-0.2, -0.15) is 13.2 Å². The van der Waals surface area contributed by atoms with E-state index in [9.17, 15) is 13.2 Å². The molecule has 0 saturated carbocycles. The maximum Gasteiger partial charge on any atom is 0.416 e. The summed E-state index contributed by atoms with van der Waals surface area (Å²) in [6.45, 7) is 0. The normalized spacial score (nSPS) is 11.4. The zero-order valence-corrected chi connectivity index (χ0v) is 12.1. The van der Waals surface area contributed by atoms with Gasteiger partial charge >= 0.3 is 6.18 Å². The van der Waals surface area contributed by atoms with Crippen molar-refractivity contribution in [1.82, 2.24) is 4.98 Å². The van der Waals surface area contributed by atoms with E-state index in [4.69, 9.17) is 4.74 Å². The number of nitrogens with zero attached hydrogens (tertiary/aromatic N) is 1. The monoisotopic (exact) mass is 345 g/mol. The Morgan fingerprint density at radius 1 is 1.10 bits per heavy atom. The summed E-state index contributed by atoms with van der Waals surface area (Å²) in [5.41, 5.74) is 1.20. The second-order valence-electron chi connectivity index (χ2n) is 4.06. The standard InChI is InChI=1S/C14H11BrF3NO/c1-20-12-7-6-11(8-15)19-13(12)9-2-4-10(5-3-9)14(16,17)18/h2-7H,8H2,1H3. The first-order valence-electron chi connectivity index (χ1n) is 5.73. The average Bonchev–Trinajstić information content (AvgIpc) is 2.45. The predicted octanol–water partition coefficient (Wildman–Crippen LogP) is 4.67. The van der Waals surface area contributed by atoms with Crippen molar-refractivity contribution in [2.45, 2.75) is 11.5 Å². The molecule has 0 bridgehead atoms. The van der Waals surface area contributed by atoms with Crippen LogP contribution in [-0.2, 0) is 11.5 Å². The van der Waals surface area contributed by atoms with E-state index in [0.717, 1.165) is 17.8 Å². The van der Waals surface area contributed by atoms with Crippen LogP contribution in [0.25, 0.3) is 11.3 Å². The number of hydrogen-bond acceptors (Lipinski definition) is 2. The van der Waals surface area contributed by atoms with Gasteiger partial charge in [-0.1, -0.05) is 28.1 Å². The van der Waals surface area contributed by atoms with E-state index in [1.165, 1.54) is 19.2 Å². The van der Waals surface area contributed by atoms with Crippen LogP contribution in [0.3, 0.4) is 0 Å². The van der Waals surface area contributed by atoms with Crippen molar-refractivity contribution in [2.24, 2.45) is 0 Å². The third-order valence-corrected chi connectivity index (χ3v) is 3.33. The summed E-state index contributed by atoms with van der Waals surface area (Å²) in [7, 11) is 1.50. The highest BCUT2D eigenvalue weighted by Gasteiger charge is 2.30. The minimum absolute atomic E-state index is 0.523. The summed E-state index contributed by atoms with van der Waals surface area (Å²) in [4.78, 5) is 4.37. The summed E-state index contributed by atoms with van der Waals surface area (Å²) < 4.78 is 42.8. The molecule has 0 atom stereocenters. The highest BCUT2D eigenvalue weighted by atomic mass is 79.9. The van der Waals surface area contributed by atoms with E-state index < -0.39 is 11.7 Å². The minimum Gasteiger partial charge on any atom is -0.494 e. The molecule has 0 unspecified atom stereocenters. The molecular weight excluding hydrogens is 335 g/mol. The molecule has 0 radical (unpaired) electrons. The lowest BCUT2D eigenvalue weighted by atomic mass is 10.1. The Balaban J connectivity index is 2.45. The Kier molecular flexibility index (Phi) is 4.32. The third-order valence-electron chi connectivity index (χ3n) is 2.76. The third kappa shape index (κ3) is 3.12. The topological polar surface area (TPSA) is 22.1 Å². The van der Waals surface area contributed by atoms with E-state index in [0.29, 0.717) is 22.3 Å². The van der Waals surface area contributed by atoms with E-state index in [1.54, 1.807) is 12.1 Å². The second kappa shape index (κ2) is 5.83. The molecule has 106 valence electrons. The van der Waals surface area contributed by atoms with Gasteiger partial charge in [0, 0.05) is 10.9 Å². The molecular formula is C14H11BrF3NO. The number of ether oxygens (including phenoxy) is 1. The Labute approximate surface area is 122 Å². The smallest absolute Gasteiger partial charge is 0.416 e. The molecule has 1 aromatic carbocycles. The van der Waals surface area contributed by atoms with Crippen LogP contribution >= 0.6 is 15.9 Å². The Morgan fingerprint density at radius 3 is 2.25 bits per heavy atom. The first kappa shape index (κ1) is 14.8. The molecule has 0 saturated heterocycles. The van der Waals surface area contributed by atoms with Crippen LogP contribution < -0.4 is 4.74 Å². The summed E-state index contributed by atoms with van der Waals surface area (Å²) in [6.07, 6.45) is -4.34. The van der Waals surface area contributed by atoms with Gasteiger partial charge in [0.1, 0.15) is 11.4 Å². The molecule has 6 heteroatoms. The van der Waals surface area contributed by atoms with Crippen LogP contribution in [0.1, 0.15) is 11.3 Å². The molecule has 0 fully saturated rings. The SMILES string of the molecule is COc1ccc(CBr)nc1-c1ccc(C(F)(F)F)cc1. The fourth-order valence-electron chi connectivity index (χ4n) is 1.75. The molecule has 0 aliphatic carbocycles. The first-order chi connectivity index (χ1) is 9.45. The van der Waals surface area contributed by atoms with Gasteiger partial charge in [-0.25, -0.2) is 4.98 Å². The molecule has 0 N–H and O–H groups in total. The van der Waals surface area contributed by atoms with Gasteiger partial charge in [0.05, 0.1) is 18.4 Å². The molecule has 0 aliphatic rings. The van der Waals surface area contributed by atoms with Gasteiger partial charge in [-0.15, -0.1) is 0 Å². The maximum atomic E-state index is 12.5. The molecule has 2 nitrogen and oxygen atoms in total. The van der Waals surface area contributed by atoms with Crippen LogP contribution in [0.5, 0.6) is 5.75 Å². The Hall–Kier alpha value is -1.56. The number of halogens is 4.